The van der Waals surface area contributed by atoms with Gasteiger partial charge in [0.15, 0.2) is 0 Å². The van der Waals surface area contributed by atoms with Gasteiger partial charge < -0.3 is 0 Å². The van der Waals surface area contributed by atoms with Crippen molar-refractivity contribution in [3.05, 3.63) is 11.1 Å². The third kappa shape index (κ3) is 1.14. The Hall–Kier alpha value is 0.470. The highest BCUT2D eigenvalue weighted by Gasteiger charge is 2.83. The standard InChI is InChI=1S/C19H33I/c1-12-13(2)17(9)15(5,6)18(10,16(17,7)8)19(11,20)14(12,3)4/h1-11H3. The molecule has 3 aliphatic rings. The molecule has 0 nitrogen and oxygen atoms in total. The summed E-state index contributed by atoms with van der Waals surface area (Å²) in [7, 11) is 0. The molecule has 116 valence electrons. The first-order valence-corrected chi connectivity index (χ1v) is 9.02. The van der Waals surface area contributed by atoms with E-state index in [0.29, 0.717) is 16.2 Å². The molecule has 0 N–H and O–H groups in total. The monoisotopic (exact) mass is 388 g/mol. The molecule has 0 amide bonds. The summed E-state index contributed by atoms with van der Waals surface area (Å²) in [6.07, 6.45) is 0. The second kappa shape index (κ2) is 3.68. The molecule has 2 bridgehead atoms. The van der Waals surface area contributed by atoms with Crippen molar-refractivity contribution in [3.8, 4) is 0 Å². The van der Waals surface area contributed by atoms with Crippen LogP contribution in [-0.4, -0.2) is 3.42 Å². The average molecular weight is 388 g/mol. The van der Waals surface area contributed by atoms with E-state index in [-0.39, 0.29) is 14.3 Å². The van der Waals surface area contributed by atoms with Gasteiger partial charge in [-0.3, -0.25) is 0 Å². The fraction of sp³-hybridized carbons (Fsp3) is 0.895. The van der Waals surface area contributed by atoms with Crippen LogP contribution in [0.3, 0.4) is 0 Å². The number of hydrogen-bond donors (Lipinski definition) is 0. The molecule has 0 saturated heterocycles. The lowest BCUT2D eigenvalue weighted by Crippen LogP contribution is -2.78. The van der Waals surface area contributed by atoms with Crippen molar-refractivity contribution in [2.75, 3.05) is 0 Å². The quantitative estimate of drug-likeness (QED) is 0.248. The maximum absolute atomic E-state index is 2.79. The molecule has 0 radical (unpaired) electrons. The van der Waals surface area contributed by atoms with Gasteiger partial charge in [0, 0.05) is 8.84 Å². The normalized spacial score (nSPS) is 48.6. The predicted octanol–water partition coefficient (Wildman–Crippen LogP) is 6.63. The van der Waals surface area contributed by atoms with Crippen molar-refractivity contribution < 1.29 is 0 Å². The third-order valence-corrected chi connectivity index (χ3v) is 11.8. The lowest BCUT2D eigenvalue weighted by atomic mass is 9.24. The van der Waals surface area contributed by atoms with Crippen molar-refractivity contribution in [1.29, 1.82) is 0 Å². The van der Waals surface area contributed by atoms with Gasteiger partial charge in [0.25, 0.3) is 0 Å². The van der Waals surface area contributed by atoms with Crippen LogP contribution in [-0.2, 0) is 0 Å². The highest BCUT2D eigenvalue weighted by Crippen LogP contribution is 2.87. The maximum Gasteiger partial charge on any atom is 0.0346 e. The van der Waals surface area contributed by atoms with Gasteiger partial charge in [-0.25, -0.2) is 0 Å². The Balaban J connectivity index is 2.98. The molecule has 0 aromatic heterocycles. The van der Waals surface area contributed by atoms with Crippen LogP contribution in [0.25, 0.3) is 0 Å². The average Bonchev–Trinajstić information content (AvgIpc) is 2.34. The van der Waals surface area contributed by atoms with Gasteiger partial charge in [-0.1, -0.05) is 89.1 Å². The van der Waals surface area contributed by atoms with Gasteiger partial charge in [0.05, 0.1) is 0 Å². The number of fused-ring (bicyclic) bond motifs is 2. The van der Waals surface area contributed by atoms with E-state index in [1.165, 1.54) is 0 Å². The van der Waals surface area contributed by atoms with E-state index in [2.05, 4.69) is 98.8 Å². The predicted molar refractivity (Wildman–Crippen MR) is 98.4 cm³/mol. The van der Waals surface area contributed by atoms with Gasteiger partial charge in [-0.15, -0.1) is 0 Å². The molecule has 3 aliphatic carbocycles. The summed E-state index contributed by atoms with van der Waals surface area (Å²) in [6, 6.07) is 0. The summed E-state index contributed by atoms with van der Waals surface area (Å²) in [5.74, 6) is 0. The fourth-order valence-electron chi connectivity index (χ4n) is 6.43. The summed E-state index contributed by atoms with van der Waals surface area (Å²) in [5.41, 5.74) is 4.64. The summed E-state index contributed by atoms with van der Waals surface area (Å²) < 4.78 is 0.228. The topological polar surface area (TPSA) is 0 Å². The Morgan fingerprint density at radius 1 is 0.650 bits per heavy atom. The molecule has 3 rings (SSSR count). The zero-order chi connectivity index (χ0) is 16.2. The lowest BCUT2D eigenvalue weighted by molar-refractivity contribution is -0.295. The molecule has 1 unspecified atom stereocenters. The number of halogens is 1. The zero-order valence-electron chi connectivity index (χ0n) is 15.4. The molecule has 1 heteroatoms. The second-order valence-corrected chi connectivity index (χ2v) is 11.5. The Bertz CT molecular complexity index is 484. The smallest absolute Gasteiger partial charge is 0.0346 e. The van der Waals surface area contributed by atoms with E-state index in [0.717, 1.165) is 0 Å². The Labute approximate surface area is 140 Å². The Morgan fingerprint density at radius 3 is 1.35 bits per heavy atom. The van der Waals surface area contributed by atoms with Crippen LogP contribution in [0.2, 0.25) is 0 Å². The minimum Gasteiger partial charge on any atom is -0.0776 e. The largest absolute Gasteiger partial charge is 0.0776 e. The molecular formula is C19H33I. The molecule has 0 aliphatic heterocycles. The van der Waals surface area contributed by atoms with Crippen molar-refractivity contribution in [2.45, 2.75) is 79.6 Å². The number of rotatable bonds is 0. The summed E-state index contributed by atoms with van der Waals surface area (Å²) in [4.78, 5) is 0. The third-order valence-electron chi connectivity index (χ3n) is 9.36. The van der Waals surface area contributed by atoms with E-state index in [1.807, 2.05) is 0 Å². The van der Waals surface area contributed by atoms with E-state index in [1.54, 1.807) is 11.1 Å². The zero-order valence-corrected chi connectivity index (χ0v) is 17.5. The molecule has 0 heterocycles. The first kappa shape index (κ1) is 16.8. The summed E-state index contributed by atoms with van der Waals surface area (Å²) >= 11 is 2.79. The number of allylic oxidation sites excluding steroid dienone is 2. The Morgan fingerprint density at radius 2 is 1.00 bits per heavy atom. The van der Waals surface area contributed by atoms with E-state index < -0.39 is 0 Å². The summed E-state index contributed by atoms with van der Waals surface area (Å²) in [5, 5.41) is 0. The number of hydrogen-bond acceptors (Lipinski definition) is 0. The molecule has 1 fully saturated rings. The van der Waals surface area contributed by atoms with E-state index in [4.69, 9.17) is 0 Å². The minimum absolute atomic E-state index is 0.217. The van der Waals surface area contributed by atoms with Gasteiger partial charge in [-0.2, -0.15) is 0 Å². The molecule has 0 aromatic rings. The summed E-state index contributed by atoms with van der Waals surface area (Å²) in [6.45, 7) is 27.3. The number of alkyl halides is 1. The molecule has 0 aromatic carbocycles. The molecule has 0 spiro atoms. The maximum atomic E-state index is 2.79. The van der Waals surface area contributed by atoms with Crippen LogP contribution in [0.15, 0.2) is 11.1 Å². The van der Waals surface area contributed by atoms with Crippen LogP contribution in [0.5, 0.6) is 0 Å². The van der Waals surface area contributed by atoms with Crippen LogP contribution < -0.4 is 0 Å². The SMILES string of the molecule is CC1=C(C)C2(C)C(C)(C)C(C)(C2(C)C)C(C)(I)C1(C)C. The van der Waals surface area contributed by atoms with Crippen molar-refractivity contribution >= 4 is 22.6 Å². The van der Waals surface area contributed by atoms with Crippen molar-refractivity contribution in [2.24, 2.45) is 27.1 Å². The van der Waals surface area contributed by atoms with Gasteiger partial charge in [0.2, 0.25) is 0 Å². The highest BCUT2D eigenvalue weighted by atomic mass is 127. The first-order chi connectivity index (χ1) is 8.57. The van der Waals surface area contributed by atoms with Crippen LogP contribution >= 0.6 is 22.6 Å². The van der Waals surface area contributed by atoms with Crippen LogP contribution in [0, 0.1) is 27.1 Å². The van der Waals surface area contributed by atoms with E-state index >= 15 is 0 Å². The minimum atomic E-state index is 0.217. The van der Waals surface area contributed by atoms with Gasteiger partial charge in [0.1, 0.15) is 0 Å². The molecular weight excluding hydrogens is 355 g/mol. The van der Waals surface area contributed by atoms with Crippen molar-refractivity contribution in [1.82, 2.24) is 0 Å². The molecule has 1 saturated carbocycles. The lowest BCUT2D eigenvalue weighted by Gasteiger charge is -2.81. The van der Waals surface area contributed by atoms with E-state index in [9.17, 15) is 0 Å². The van der Waals surface area contributed by atoms with Gasteiger partial charge >= 0.3 is 0 Å². The molecule has 1 atom stereocenters. The fourth-order valence-corrected chi connectivity index (χ4v) is 8.19. The first-order valence-electron chi connectivity index (χ1n) is 7.94. The Kier molecular flexibility index (Phi) is 3.10. The van der Waals surface area contributed by atoms with Crippen LogP contribution in [0.1, 0.15) is 76.2 Å². The molecule has 20 heavy (non-hydrogen) atoms. The van der Waals surface area contributed by atoms with Crippen LogP contribution in [0.4, 0.5) is 0 Å². The highest BCUT2D eigenvalue weighted by molar-refractivity contribution is 14.1. The second-order valence-electron chi connectivity index (χ2n) is 9.38. The van der Waals surface area contributed by atoms with Crippen molar-refractivity contribution in [3.63, 3.8) is 0 Å². The van der Waals surface area contributed by atoms with Gasteiger partial charge in [-0.05, 0) is 42.4 Å².